The van der Waals surface area contributed by atoms with Gasteiger partial charge in [-0.2, -0.15) is 0 Å². The van der Waals surface area contributed by atoms with Gasteiger partial charge >= 0.3 is 0 Å². The number of Topliss-reactive ketones (excluding diaryl/α,β-unsaturated/α-hetero) is 1. The van der Waals surface area contributed by atoms with Crippen LogP contribution < -0.4 is 5.73 Å². The van der Waals surface area contributed by atoms with E-state index in [4.69, 9.17) is 5.73 Å². The fraction of sp³-hybridized carbons (Fsp3) is 0.857. The molecule has 0 aliphatic rings. The van der Waals surface area contributed by atoms with Crippen molar-refractivity contribution in [1.82, 2.24) is 0 Å². The van der Waals surface area contributed by atoms with Crippen molar-refractivity contribution >= 4 is 5.78 Å². The van der Waals surface area contributed by atoms with Gasteiger partial charge in [0.05, 0.1) is 0 Å². The summed E-state index contributed by atoms with van der Waals surface area (Å²) < 4.78 is 4.67. The average Bonchev–Trinajstić information content (AvgIpc) is 1.87. The van der Waals surface area contributed by atoms with E-state index >= 15 is 0 Å². The van der Waals surface area contributed by atoms with Gasteiger partial charge in [0.15, 0.2) is 5.78 Å². The maximum absolute atomic E-state index is 11.0. The summed E-state index contributed by atoms with van der Waals surface area (Å²) in [5, 5.41) is 0. The molecule has 10 heavy (non-hydrogen) atoms. The first-order chi connectivity index (χ1) is 4.59. The molecule has 0 aliphatic heterocycles. The third-order valence-corrected chi connectivity index (χ3v) is 1.58. The monoisotopic (exact) mass is 145 g/mol. The van der Waals surface area contributed by atoms with E-state index in [0.29, 0.717) is 0 Å². The molecular weight excluding hydrogens is 130 g/mol. The molecule has 0 aromatic carbocycles. The Balaban J connectivity index is 3.71. The average molecular weight is 145 g/mol. The summed E-state index contributed by atoms with van der Waals surface area (Å²) in [4.78, 5) is 11.0. The number of carbonyl (C=O) groups is 1. The van der Waals surface area contributed by atoms with Crippen LogP contribution in [0.3, 0.4) is 0 Å². The molecular formula is C7H15NO2. The molecule has 2 unspecified atom stereocenters. The number of hydrogen-bond donors (Lipinski definition) is 1. The Hall–Kier alpha value is -0.410. The molecule has 0 heterocycles. The minimum atomic E-state index is -0.0973. The van der Waals surface area contributed by atoms with Gasteiger partial charge in [-0.3, -0.25) is 4.79 Å². The minimum absolute atomic E-state index is 0.0671. The first kappa shape index (κ1) is 9.59. The SMILES string of the molecule is COCC(=O)C(C)C(C)N. The summed E-state index contributed by atoms with van der Waals surface area (Å²) in [5.41, 5.74) is 5.49. The number of carbonyl (C=O) groups excluding carboxylic acids is 1. The van der Waals surface area contributed by atoms with Crippen molar-refractivity contribution in [3.63, 3.8) is 0 Å². The third kappa shape index (κ3) is 2.94. The summed E-state index contributed by atoms with van der Waals surface area (Å²) >= 11 is 0. The van der Waals surface area contributed by atoms with Gasteiger partial charge in [0.1, 0.15) is 6.61 Å². The lowest BCUT2D eigenvalue weighted by molar-refractivity contribution is -0.126. The number of ether oxygens (including phenoxy) is 1. The third-order valence-electron chi connectivity index (χ3n) is 1.58. The van der Waals surface area contributed by atoms with Crippen LogP contribution in [0, 0.1) is 5.92 Å². The van der Waals surface area contributed by atoms with E-state index in [1.807, 2.05) is 13.8 Å². The zero-order chi connectivity index (χ0) is 8.15. The second-order valence-corrected chi connectivity index (χ2v) is 2.55. The number of ketones is 1. The van der Waals surface area contributed by atoms with Crippen LogP contribution in [0.5, 0.6) is 0 Å². The molecule has 0 saturated carbocycles. The fourth-order valence-corrected chi connectivity index (χ4v) is 0.567. The van der Waals surface area contributed by atoms with Crippen molar-refractivity contribution < 1.29 is 9.53 Å². The molecule has 0 fully saturated rings. The summed E-state index contributed by atoms with van der Waals surface area (Å²) in [7, 11) is 1.51. The topological polar surface area (TPSA) is 52.3 Å². The van der Waals surface area contributed by atoms with Gasteiger partial charge in [-0.05, 0) is 6.92 Å². The predicted octanol–water partition coefficient (Wildman–Crippen LogP) is 0.185. The summed E-state index contributed by atoms with van der Waals surface area (Å²) in [6.45, 7) is 3.80. The summed E-state index contributed by atoms with van der Waals surface area (Å²) in [6, 6.07) is -0.0809. The molecule has 0 aromatic heterocycles. The Morgan fingerprint density at radius 1 is 1.60 bits per heavy atom. The zero-order valence-corrected chi connectivity index (χ0v) is 6.76. The Morgan fingerprint density at radius 2 is 2.10 bits per heavy atom. The second kappa shape index (κ2) is 4.41. The maximum Gasteiger partial charge on any atom is 0.162 e. The predicted molar refractivity (Wildman–Crippen MR) is 39.7 cm³/mol. The van der Waals surface area contributed by atoms with Gasteiger partial charge in [-0.15, -0.1) is 0 Å². The van der Waals surface area contributed by atoms with Gasteiger partial charge in [-0.1, -0.05) is 6.92 Å². The van der Waals surface area contributed by atoms with E-state index in [0.717, 1.165) is 0 Å². The Morgan fingerprint density at radius 3 is 2.40 bits per heavy atom. The van der Waals surface area contributed by atoms with Crippen molar-refractivity contribution in [1.29, 1.82) is 0 Å². The minimum Gasteiger partial charge on any atom is -0.377 e. The largest absolute Gasteiger partial charge is 0.377 e. The van der Waals surface area contributed by atoms with Crippen LogP contribution in [-0.2, 0) is 9.53 Å². The lowest BCUT2D eigenvalue weighted by atomic mass is 10.0. The van der Waals surface area contributed by atoms with Crippen LogP contribution in [0.15, 0.2) is 0 Å². The highest BCUT2D eigenvalue weighted by atomic mass is 16.5. The first-order valence-corrected chi connectivity index (χ1v) is 3.36. The van der Waals surface area contributed by atoms with Crippen molar-refractivity contribution in [3.8, 4) is 0 Å². The van der Waals surface area contributed by atoms with Crippen molar-refractivity contribution in [2.24, 2.45) is 11.7 Å². The van der Waals surface area contributed by atoms with Crippen LogP contribution in [0.2, 0.25) is 0 Å². The standard InChI is InChI=1S/C7H15NO2/c1-5(6(2)8)7(9)4-10-3/h5-6H,4,8H2,1-3H3. The van der Waals surface area contributed by atoms with Crippen LogP contribution in [-0.4, -0.2) is 25.5 Å². The molecule has 3 nitrogen and oxygen atoms in total. The Labute approximate surface area is 61.5 Å². The summed E-state index contributed by atoms with van der Waals surface area (Å²) in [5.74, 6) is -0.0301. The van der Waals surface area contributed by atoms with Gasteiger partial charge in [0, 0.05) is 19.1 Å². The molecule has 0 saturated heterocycles. The van der Waals surface area contributed by atoms with E-state index in [2.05, 4.69) is 4.74 Å². The van der Waals surface area contributed by atoms with Crippen LogP contribution >= 0.6 is 0 Å². The zero-order valence-electron chi connectivity index (χ0n) is 6.76. The lowest BCUT2D eigenvalue weighted by Crippen LogP contribution is -2.32. The fourth-order valence-electron chi connectivity index (χ4n) is 0.567. The number of methoxy groups -OCH3 is 1. The number of nitrogens with two attached hydrogens (primary N) is 1. The van der Waals surface area contributed by atoms with Crippen LogP contribution in [0.25, 0.3) is 0 Å². The van der Waals surface area contributed by atoms with Crippen molar-refractivity contribution in [2.75, 3.05) is 13.7 Å². The molecule has 0 aromatic rings. The van der Waals surface area contributed by atoms with Gasteiger partial charge in [-0.25, -0.2) is 0 Å². The molecule has 0 radical (unpaired) electrons. The highest BCUT2D eigenvalue weighted by molar-refractivity contribution is 5.82. The van der Waals surface area contributed by atoms with E-state index in [1.54, 1.807) is 0 Å². The molecule has 60 valence electrons. The second-order valence-electron chi connectivity index (χ2n) is 2.55. The maximum atomic E-state index is 11.0. The first-order valence-electron chi connectivity index (χ1n) is 3.36. The molecule has 2 N–H and O–H groups in total. The van der Waals surface area contributed by atoms with Crippen LogP contribution in [0.1, 0.15) is 13.8 Å². The lowest BCUT2D eigenvalue weighted by Gasteiger charge is -2.12. The molecule has 0 aliphatic carbocycles. The highest BCUT2D eigenvalue weighted by Crippen LogP contribution is 2.00. The highest BCUT2D eigenvalue weighted by Gasteiger charge is 2.15. The van der Waals surface area contributed by atoms with Crippen molar-refractivity contribution in [3.05, 3.63) is 0 Å². The van der Waals surface area contributed by atoms with Gasteiger partial charge in [0.2, 0.25) is 0 Å². The quantitative estimate of drug-likeness (QED) is 0.614. The van der Waals surface area contributed by atoms with Gasteiger partial charge in [0.25, 0.3) is 0 Å². The van der Waals surface area contributed by atoms with E-state index in [9.17, 15) is 4.79 Å². The Bertz CT molecular complexity index is 112. The van der Waals surface area contributed by atoms with E-state index in [1.165, 1.54) is 7.11 Å². The van der Waals surface area contributed by atoms with Crippen molar-refractivity contribution in [2.45, 2.75) is 19.9 Å². The van der Waals surface area contributed by atoms with E-state index in [-0.39, 0.29) is 24.3 Å². The normalized spacial score (nSPS) is 16.4. The van der Waals surface area contributed by atoms with E-state index < -0.39 is 0 Å². The molecule has 3 heteroatoms. The number of hydrogen-bond acceptors (Lipinski definition) is 3. The number of rotatable bonds is 4. The molecule has 0 rings (SSSR count). The molecule has 0 bridgehead atoms. The smallest absolute Gasteiger partial charge is 0.162 e. The summed E-state index contributed by atoms with van der Waals surface area (Å²) in [6.07, 6.45) is 0. The molecule has 0 amide bonds. The van der Waals surface area contributed by atoms with Gasteiger partial charge < -0.3 is 10.5 Å². The molecule has 0 spiro atoms. The molecule has 2 atom stereocenters. The van der Waals surface area contributed by atoms with Crippen LogP contribution in [0.4, 0.5) is 0 Å². The Kier molecular flexibility index (Phi) is 4.23.